The standard InChI is InChI=1S/C17H23N5OS/c1-23-13-15-4-2-3-14(11-15)12-20-16(18)21-6-8-22(9-7-21)17-19-5-10-24-17/h2-5,10-11H,6-9,12-13H2,1H3,(H2,18,20). The summed E-state index contributed by atoms with van der Waals surface area (Å²) in [6.45, 7) is 4.80. The highest BCUT2D eigenvalue weighted by atomic mass is 32.1. The third kappa shape index (κ3) is 4.24. The molecule has 1 fully saturated rings. The van der Waals surface area contributed by atoms with E-state index in [2.05, 4.69) is 38.0 Å². The summed E-state index contributed by atoms with van der Waals surface area (Å²) < 4.78 is 5.17. The van der Waals surface area contributed by atoms with Gasteiger partial charge in [0.25, 0.3) is 0 Å². The fraction of sp³-hybridized carbons (Fsp3) is 0.412. The van der Waals surface area contributed by atoms with Gasteiger partial charge in [-0.2, -0.15) is 0 Å². The number of hydrogen-bond donors (Lipinski definition) is 1. The molecule has 24 heavy (non-hydrogen) atoms. The van der Waals surface area contributed by atoms with Crippen molar-refractivity contribution < 1.29 is 4.74 Å². The number of nitrogens with zero attached hydrogens (tertiary/aromatic N) is 4. The fourth-order valence-electron chi connectivity index (χ4n) is 2.76. The molecule has 0 aliphatic carbocycles. The van der Waals surface area contributed by atoms with E-state index in [4.69, 9.17) is 10.5 Å². The molecule has 0 saturated carbocycles. The molecule has 1 aromatic heterocycles. The number of methoxy groups -OCH3 is 1. The number of hydrogen-bond acceptors (Lipinski definition) is 5. The number of aliphatic imine (C=N–C) groups is 1. The zero-order valence-electron chi connectivity index (χ0n) is 13.9. The van der Waals surface area contributed by atoms with Crippen molar-refractivity contribution >= 4 is 22.4 Å². The first kappa shape index (κ1) is 16.7. The third-order valence-corrected chi connectivity index (χ3v) is 4.85. The Morgan fingerprint density at radius 2 is 2.08 bits per heavy atom. The SMILES string of the molecule is COCc1cccc(CN=C(N)N2CCN(c3nccs3)CC2)c1. The summed E-state index contributed by atoms with van der Waals surface area (Å²) in [7, 11) is 1.70. The molecule has 1 aliphatic heterocycles. The highest BCUT2D eigenvalue weighted by molar-refractivity contribution is 7.13. The Labute approximate surface area is 146 Å². The molecule has 0 amide bonds. The van der Waals surface area contributed by atoms with Gasteiger partial charge in [-0.3, -0.25) is 0 Å². The van der Waals surface area contributed by atoms with Gasteiger partial charge in [0, 0.05) is 44.9 Å². The molecule has 0 unspecified atom stereocenters. The normalized spacial score (nSPS) is 15.8. The average Bonchev–Trinajstić information content (AvgIpc) is 3.15. The first-order valence-corrected chi connectivity index (χ1v) is 8.90. The molecule has 2 aromatic rings. The highest BCUT2D eigenvalue weighted by Gasteiger charge is 2.19. The van der Waals surface area contributed by atoms with E-state index in [9.17, 15) is 0 Å². The van der Waals surface area contributed by atoms with Crippen LogP contribution in [0.5, 0.6) is 0 Å². The zero-order valence-corrected chi connectivity index (χ0v) is 14.7. The molecule has 3 rings (SSSR count). The lowest BCUT2D eigenvalue weighted by molar-refractivity contribution is 0.185. The van der Waals surface area contributed by atoms with Crippen LogP contribution in [-0.2, 0) is 17.9 Å². The van der Waals surface area contributed by atoms with Gasteiger partial charge in [0.15, 0.2) is 11.1 Å². The molecule has 1 aromatic carbocycles. The van der Waals surface area contributed by atoms with E-state index in [1.165, 1.54) is 0 Å². The minimum atomic E-state index is 0.593. The van der Waals surface area contributed by atoms with Gasteiger partial charge >= 0.3 is 0 Å². The molecular formula is C17H23N5OS. The van der Waals surface area contributed by atoms with Gasteiger partial charge in [0.05, 0.1) is 13.2 Å². The number of anilines is 1. The monoisotopic (exact) mass is 345 g/mol. The Kier molecular flexibility index (Phi) is 5.66. The van der Waals surface area contributed by atoms with E-state index in [1.54, 1.807) is 18.4 Å². The van der Waals surface area contributed by atoms with Crippen LogP contribution in [-0.4, -0.2) is 49.1 Å². The largest absolute Gasteiger partial charge is 0.380 e. The van der Waals surface area contributed by atoms with Crippen LogP contribution >= 0.6 is 11.3 Å². The average molecular weight is 345 g/mol. The molecule has 7 heteroatoms. The molecule has 1 saturated heterocycles. The maximum Gasteiger partial charge on any atom is 0.191 e. The van der Waals surface area contributed by atoms with Crippen molar-refractivity contribution in [2.45, 2.75) is 13.2 Å². The molecular weight excluding hydrogens is 322 g/mol. The van der Waals surface area contributed by atoms with Crippen molar-refractivity contribution in [3.63, 3.8) is 0 Å². The van der Waals surface area contributed by atoms with E-state index in [0.717, 1.165) is 42.4 Å². The van der Waals surface area contributed by atoms with Crippen molar-refractivity contribution in [2.24, 2.45) is 10.7 Å². The van der Waals surface area contributed by atoms with Crippen molar-refractivity contribution in [1.82, 2.24) is 9.88 Å². The Morgan fingerprint density at radius 3 is 2.79 bits per heavy atom. The minimum absolute atomic E-state index is 0.593. The topological polar surface area (TPSA) is 67.0 Å². The van der Waals surface area contributed by atoms with Crippen LogP contribution in [0, 0.1) is 0 Å². The Bertz CT molecular complexity index is 665. The van der Waals surface area contributed by atoms with Crippen LogP contribution in [0.25, 0.3) is 0 Å². The van der Waals surface area contributed by atoms with Gasteiger partial charge < -0.3 is 20.3 Å². The second-order valence-corrected chi connectivity index (χ2v) is 6.59. The smallest absolute Gasteiger partial charge is 0.191 e. The number of nitrogens with two attached hydrogens (primary N) is 1. The number of piperazine rings is 1. The molecule has 6 nitrogen and oxygen atoms in total. The fourth-order valence-corrected chi connectivity index (χ4v) is 3.45. The quantitative estimate of drug-likeness (QED) is 0.662. The molecule has 2 N–H and O–H groups in total. The number of rotatable bonds is 5. The summed E-state index contributed by atoms with van der Waals surface area (Å²) in [6.07, 6.45) is 1.85. The molecule has 1 aliphatic rings. The van der Waals surface area contributed by atoms with Crippen LogP contribution in [0.15, 0.2) is 40.8 Å². The van der Waals surface area contributed by atoms with Crippen molar-refractivity contribution in [2.75, 3.05) is 38.2 Å². The minimum Gasteiger partial charge on any atom is -0.380 e. The third-order valence-electron chi connectivity index (χ3n) is 4.02. The number of aromatic nitrogens is 1. The van der Waals surface area contributed by atoms with Gasteiger partial charge in [-0.1, -0.05) is 24.3 Å². The van der Waals surface area contributed by atoms with Gasteiger partial charge in [-0.05, 0) is 11.1 Å². The van der Waals surface area contributed by atoms with Gasteiger partial charge in [-0.25, -0.2) is 9.98 Å². The number of benzene rings is 1. The summed E-state index contributed by atoms with van der Waals surface area (Å²) in [6, 6.07) is 8.26. The van der Waals surface area contributed by atoms with E-state index >= 15 is 0 Å². The lowest BCUT2D eigenvalue weighted by Gasteiger charge is -2.35. The van der Waals surface area contributed by atoms with Crippen LogP contribution in [0.3, 0.4) is 0 Å². The zero-order chi connectivity index (χ0) is 16.8. The summed E-state index contributed by atoms with van der Waals surface area (Å²) in [5.74, 6) is 0.617. The van der Waals surface area contributed by atoms with Crippen LogP contribution in [0.2, 0.25) is 0 Å². The number of guanidine groups is 1. The summed E-state index contributed by atoms with van der Waals surface area (Å²) in [4.78, 5) is 13.4. The predicted molar refractivity (Wildman–Crippen MR) is 98.4 cm³/mol. The molecule has 0 bridgehead atoms. The predicted octanol–water partition coefficient (Wildman–Crippen LogP) is 1.93. The molecule has 0 radical (unpaired) electrons. The first-order chi connectivity index (χ1) is 11.8. The van der Waals surface area contributed by atoms with Crippen molar-refractivity contribution in [3.05, 3.63) is 47.0 Å². The summed E-state index contributed by atoms with van der Waals surface area (Å²) >= 11 is 1.68. The van der Waals surface area contributed by atoms with Gasteiger partial charge in [-0.15, -0.1) is 11.3 Å². The Balaban J connectivity index is 1.54. The first-order valence-electron chi connectivity index (χ1n) is 8.02. The van der Waals surface area contributed by atoms with Crippen LogP contribution in [0.4, 0.5) is 5.13 Å². The lowest BCUT2D eigenvalue weighted by Crippen LogP contribution is -2.51. The van der Waals surface area contributed by atoms with Gasteiger partial charge in [0.1, 0.15) is 0 Å². The van der Waals surface area contributed by atoms with E-state index in [1.807, 2.05) is 17.6 Å². The lowest BCUT2D eigenvalue weighted by atomic mass is 10.1. The maximum absolute atomic E-state index is 6.18. The highest BCUT2D eigenvalue weighted by Crippen LogP contribution is 2.18. The second-order valence-electron chi connectivity index (χ2n) is 5.72. The summed E-state index contributed by atoms with van der Waals surface area (Å²) in [5, 5.41) is 3.09. The Hall–Kier alpha value is -2.12. The second kappa shape index (κ2) is 8.12. The van der Waals surface area contributed by atoms with E-state index < -0.39 is 0 Å². The number of ether oxygens (including phenoxy) is 1. The van der Waals surface area contributed by atoms with E-state index in [-0.39, 0.29) is 0 Å². The van der Waals surface area contributed by atoms with Crippen LogP contribution < -0.4 is 10.6 Å². The van der Waals surface area contributed by atoms with Crippen molar-refractivity contribution in [3.8, 4) is 0 Å². The maximum atomic E-state index is 6.18. The van der Waals surface area contributed by atoms with Crippen molar-refractivity contribution in [1.29, 1.82) is 0 Å². The molecule has 0 spiro atoms. The molecule has 2 heterocycles. The van der Waals surface area contributed by atoms with Gasteiger partial charge in [0.2, 0.25) is 0 Å². The Morgan fingerprint density at radius 1 is 1.29 bits per heavy atom. The molecule has 0 atom stereocenters. The van der Waals surface area contributed by atoms with E-state index in [0.29, 0.717) is 19.1 Å². The van der Waals surface area contributed by atoms with Crippen LogP contribution in [0.1, 0.15) is 11.1 Å². The molecule has 128 valence electrons. The number of thiazole rings is 1. The summed E-state index contributed by atoms with van der Waals surface area (Å²) in [5.41, 5.74) is 8.48.